The Morgan fingerprint density at radius 3 is 2.38 bits per heavy atom. The van der Waals surface area contributed by atoms with E-state index >= 15 is 0 Å². The van der Waals surface area contributed by atoms with Gasteiger partial charge in [-0.1, -0.05) is 37.8 Å². The first kappa shape index (κ1) is 24.3. The van der Waals surface area contributed by atoms with E-state index in [2.05, 4.69) is 9.71 Å². The van der Waals surface area contributed by atoms with Crippen molar-refractivity contribution >= 4 is 15.7 Å². The second kappa shape index (κ2) is 9.35. The minimum absolute atomic E-state index is 0.0146. The minimum Gasteiger partial charge on any atom is -0.507 e. The summed E-state index contributed by atoms with van der Waals surface area (Å²) in [4.78, 5) is 17.3. The van der Waals surface area contributed by atoms with E-state index in [0.29, 0.717) is 23.3 Å². The first-order chi connectivity index (χ1) is 17.8. The Hall–Kier alpha value is -3.07. The molecular weight excluding hydrogens is 490 g/mol. The molecule has 2 N–H and O–H groups in total. The van der Waals surface area contributed by atoms with Gasteiger partial charge in [-0.3, -0.25) is 4.72 Å². The molecule has 6 rings (SSSR count). The van der Waals surface area contributed by atoms with Gasteiger partial charge in [-0.05, 0) is 61.1 Å². The number of imidazole rings is 1. The molecule has 1 atom stereocenters. The smallest absolute Gasteiger partial charge is 0.343 e. The van der Waals surface area contributed by atoms with Crippen LogP contribution in [0.2, 0.25) is 0 Å². The molecule has 196 valence electrons. The fraction of sp³-hybridized carbons (Fsp3) is 0.500. The van der Waals surface area contributed by atoms with Crippen molar-refractivity contribution in [2.45, 2.75) is 68.2 Å². The zero-order valence-electron chi connectivity index (χ0n) is 21.0. The summed E-state index contributed by atoms with van der Waals surface area (Å²) in [6.07, 6.45) is 11.7. The van der Waals surface area contributed by atoms with Gasteiger partial charge in [0.05, 0.1) is 11.9 Å². The van der Waals surface area contributed by atoms with Crippen molar-refractivity contribution in [3.63, 3.8) is 0 Å². The van der Waals surface area contributed by atoms with Gasteiger partial charge in [-0.2, -0.15) is 8.42 Å². The SMILES string of the molecule is Cn1cnc(S(=O)(=O)Nc2cccc([C@H](c3c(O)cc(C(CC4CC4)CC4CC4)oc3=O)C3CC3)c2)c1. The highest BCUT2D eigenvalue weighted by atomic mass is 32.2. The number of hydrogen-bond donors (Lipinski definition) is 2. The molecule has 0 unspecified atom stereocenters. The van der Waals surface area contributed by atoms with Crippen molar-refractivity contribution in [2.24, 2.45) is 24.8 Å². The van der Waals surface area contributed by atoms with Crippen LogP contribution in [0.1, 0.15) is 80.1 Å². The van der Waals surface area contributed by atoms with Gasteiger partial charge in [-0.25, -0.2) is 9.78 Å². The van der Waals surface area contributed by atoms with E-state index in [-0.39, 0.29) is 34.1 Å². The summed E-state index contributed by atoms with van der Waals surface area (Å²) in [6, 6.07) is 8.71. The number of benzene rings is 1. The average Bonchev–Trinajstić information content (AvgIpc) is 3.71. The third-order valence-corrected chi connectivity index (χ3v) is 9.14. The topological polar surface area (TPSA) is 114 Å². The average molecular weight is 524 g/mol. The van der Waals surface area contributed by atoms with Crippen molar-refractivity contribution in [1.82, 2.24) is 9.55 Å². The van der Waals surface area contributed by atoms with E-state index in [1.165, 1.54) is 38.2 Å². The lowest BCUT2D eigenvalue weighted by molar-refractivity contribution is 0.357. The highest BCUT2D eigenvalue weighted by molar-refractivity contribution is 7.92. The van der Waals surface area contributed by atoms with Crippen molar-refractivity contribution in [3.05, 3.63) is 70.2 Å². The van der Waals surface area contributed by atoms with Gasteiger partial charge in [0, 0.05) is 36.8 Å². The van der Waals surface area contributed by atoms with E-state index in [0.717, 1.165) is 31.2 Å². The molecule has 0 aliphatic heterocycles. The molecule has 1 aromatic carbocycles. The van der Waals surface area contributed by atoms with E-state index in [1.54, 1.807) is 35.9 Å². The molecule has 2 aromatic heterocycles. The molecule has 3 aromatic rings. The van der Waals surface area contributed by atoms with Crippen molar-refractivity contribution in [3.8, 4) is 5.75 Å². The highest BCUT2D eigenvalue weighted by Gasteiger charge is 2.39. The normalized spacial score (nSPS) is 18.8. The third kappa shape index (κ3) is 5.46. The largest absolute Gasteiger partial charge is 0.507 e. The standard InChI is InChI=1S/C28H33N3O5S/c1-31-15-25(29-16-31)37(34,35)30-22-4-2-3-20(13-22)26(19-9-10-19)27-23(32)14-24(36-28(27)33)21(11-17-5-6-17)12-18-7-8-18/h2-4,13-19,21,26,30,32H,5-12H2,1H3/t26-/m1/s1. The van der Waals surface area contributed by atoms with Crippen LogP contribution in [0.25, 0.3) is 0 Å². The van der Waals surface area contributed by atoms with Gasteiger partial charge in [0.1, 0.15) is 11.5 Å². The predicted octanol–water partition coefficient (Wildman–Crippen LogP) is 5.11. The van der Waals surface area contributed by atoms with Crippen LogP contribution < -0.4 is 10.3 Å². The first-order valence-corrected chi connectivity index (χ1v) is 14.7. The molecule has 2 heterocycles. The van der Waals surface area contributed by atoms with Crippen LogP contribution in [0.4, 0.5) is 5.69 Å². The Labute approximate surface area is 216 Å². The minimum atomic E-state index is -3.86. The number of nitrogens with one attached hydrogen (secondary N) is 1. The van der Waals surface area contributed by atoms with Crippen molar-refractivity contribution in [2.75, 3.05) is 4.72 Å². The molecule has 0 spiro atoms. The first-order valence-electron chi connectivity index (χ1n) is 13.2. The molecule has 8 nitrogen and oxygen atoms in total. The fourth-order valence-electron chi connectivity index (χ4n) is 5.47. The van der Waals surface area contributed by atoms with Crippen LogP contribution in [0.15, 0.2) is 57.1 Å². The summed E-state index contributed by atoms with van der Waals surface area (Å²) in [5.41, 5.74) is 0.936. The Balaban J connectivity index is 1.30. The van der Waals surface area contributed by atoms with Crippen LogP contribution in [0.5, 0.6) is 5.75 Å². The zero-order chi connectivity index (χ0) is 25.7. The van der Waals surface area contributed by atoms with Gasteiger partial charge in [0.15, 0.2) is 5.03 Å². The maximum atomic E-state index is 13.4. The van der Waals surface area contributed by atoms with Crippen LogP contribution >= 0.6 is 0 Å². The lowest BCUT2D eigenvalue weighted by Crippen LogP contribution is -2.18. The molecule has 3 aliphatic carbocycles. The number of aromatic hydroxyl groups is 1. The van der Waals surface area contributed by atoms with Crippen molar-refractivity contribution in [1.29, 1.82) is 0 Å². The summed E-state index contributed by atoms with van der Waals surface area (Å²) in [7, 11) is -2.15. The molecule has 37 heavy (non-hydrogen) atoms. The summed E-state index contributed by atoms with van der Waals surface area (Å²) >= 11 is 0. The summed E-state index contributed by atoms with van der Waals surface area (Å²) < 4.78 is 35.7. The molecule has 0 bridgehead atoms. The predicted molar refractivity (Wildman–Crippen MR) is 139 cm³/mol. The quantitative estimate of drug-likeness (QED) is 0.361. The van der Waals surface area contributed by atoms with Gasteiger partial charge in [0.25, 0.3) is 10.0 Å². The van der Waals surface area contributed by atoms with Crippen LogP contribution in [-0.2, 0) is 17.1 Å². The summed E-state index contributed by atoms with van der Waals surface area (Å²) in [6.45, 7) is 0. The molecule has 0 amide bonds. The molecule has 0 saturated heterocycles. The van der Waals surface area contributed by atoms with Gasteiger partial charge < -0.3 is 14.1 Å². The Kier molecular flexibility index (Phi) is 6.13. The second-order valence-corrected chi connectivity index (χ2v) is 12.8. The van der Waals surface area contributed by atoms with E-state index < -0.39 is 15.6 Å². The van der Waals surface area contributed by atoms with E-state index in [4.69, 9.17) is 4.42 Å². The van der Waals surface area contributed by atoms with Crippen LogP contribution in [0.3, 0.4) is 0 Å². The Morgan fingerprint density at radius 2 is 1.81 bits per heavy atom. The molecule has 3 fully saturated rings. The molecule has 9 heteroatoms. The molecule has 3 saturated carbocycles. The number of sulfonamides is 1. The lowest BCUT2D eigenvalue weighted by atomic mass is 9.86. The monoisotopic (exact) mass is 523 g/mol. The van der Waals surface area contributed by atoms with Crippen molar-refractivity contribution < 1.29 is 17.9 Å². The van der Waals surface area contributed by atoms with E-state index in [9.17, 15) is 18.3 Å². The number of aromatic nitrogens is 2. The Bertz CT molecular complexity index is 1450. The van der Waals surface area contributed by atoms with E-state index in [1.807, 2.05) is 6.07 Å². The number of rotatable bonds is 11. The molecule has 3 aliphatic rings. The number of hydrogen-bond acceptors (Lipinski definition) is 6. The maximum absolute atomic E-state index is 13.4. The summed E-state index contributed by atoms with van der Waals surface area (Å²) in [5.74, 6) is 2.00. The Morgan fingerprint density at radius 1 is 1.11 bits per heavy atom. The zero-order valence-corrected chi connectivity index (χ0v) is 21.8. The van der Waals surface area contributed by atoms with Gasteiger partial charge in [0.2, 0.25) is 0 Å². The molecular formula is C28H33N3O5S. The van der Waals surface area contributed by atoms with Gasteiger partial charge in [-0.15, -0.1) is 0 Å². The summed E-state index contributed by atoms with van der Waals surface area (Å²) in [5, 5.41) is 11.1. The number of aryl methyl sites for hydroxylation is 1. The van der Waals surface area contributed by atoms with Gasteiger partial charge >= 0.3 is 5.63 Å². The number of nitrogens with zero attached hydrogens (tertiary/aromatic N) is 2. The highest BCUT2D eigenvalue weighted by Crippen LogP contribution is 2.49. The van der Waals surface area contributed by atoms with Crippen LogP contribution in [-0.4, -0.2) is 23.1 Å². The lowest BCUT2D eigenvalue weighted by Gasteiger charge is -2.21. The second-order valence-electron chi connectivity index (χ2n) is 11.2. The number of anilines is 1. The fourth-order valence-corrected chi connectivity index (χ4v) is 6.50. The molecule has 0 radical (unpaired) electrons. The maximum Gasteiger partial charge on any atom is 0.343 e. The third-order valence-electron chi connectivity index (χ3n) is 7.88. The van der Waals surface area contributed by atoms with Crippen LogP contribution in [0, 0.1) is 17.8 Å².